The van der Waals surface area contributed by atoms with Gasteiger partial charge in [-0.3, -0.25) is 19.5 Å². The van der Waals surface area contributed by atoms with Crippen molar-refractivity contribution in [1.29, 1.82) is 0 Å². The number of aliphatic hydroxyl groups excluding tert-OH is 1. The molecule has 1 atom stereocenters. The molecule has 1 unspecified atom stereocenters. The van der Waals surface area contributed by atoms with Crippen LogP contribution in [0.25, 0.3) is 5.76 Å². The first-order chi connectivity index (χ1) is 16.0. The van der Waals surface area contributed by atoms with Crippen LogP contribution in [0, 0.1) is 0 Å². The summed E-state index contributed by atoms with van der Waals surface area (Å²) < 4.78 is 10.0. The van der Waals surface area contributed by atoms with Gasteiger partial charge < -0.3 is 14.6 Å². The van der Waals surface area contributed by atoms with Crippen LogP contribution in [-0.2, 0) is 14.3 Å². The van der Waals surface area contributed by atoms with Gasteiger partial charge in [-0.15, -0.1) is 0 Å². The van der Waals surface area contributed by atoms with Crippen LogP contribution >= 0.6 is 0 Å². The van der Waals surface area contributed by atoms with Crippen molar-refractivity contribution in [3.05, 3.63) is 95.3 Å². The Bertz CT molecular complexity index is 1250. The molecule has 1 amide bonds. The van der Waals surface area contributed by atoms with E-state index < -0.39 is 23.7 Å². The molecule has 1 aliphatic rings. The molecule has 166 valence electrons. The third-order valence-corrected chi connectivity index (χ3v) is 5.37. The summed E-state index contributed by atoms with van der Waals surface area (Å²) in [6.45, 7) is 0. The molecule has 0 spiro atoms. The summed E-state index contributed by atoms with van der Waals surface area (Å²) in [5, 5.41) is 11.0. The van der Waals surface area contributed by atoms with Crippen molar-refractivity contribution in [2.24, 2.45) is 0 Å². The van der Waals surface area contributed by atoms with Gasteiger partial charge in [-0.1, -0.05) is 12.1 Å². The number of carbonyl (C=O) groups is 3. The van der Waals surface area contributed by atoms with Crippen LogP contribution in [-0.4, -0.2) is 42.0 Å². The molecule has 4 rings (SSSR count). The maximum Gasteiger partial charge on any atom is 0.337 e. The highest BCUT2D eigenvalue weighted by molar-refractivity contribution is 6.51. The second-order valence-corrected chi connectivity index (χ2v) is 7.22. The lowest BCUT2D eigenvalue weighted by Crippen LogP contribution is -2.29. The Balaban J connectivity index is 1.90. The van der Waals surface area contributed by atoms with E-state index in [0.29, 0.717) is 28.1 Å². The number of carbonyl (C=O) groups excluding carboxylic acids is 3. The van der Waals surface area contributed by atoms with Crippen LogP contribution < -0.4 is 9.64 Å². The Morgan fingerprint density at radius 2 is 1.67 bits per heavy atom. The lowest BCUT2D eigenvalue weighted by atomic mass is 9.95. The second kappa shape index (κ2) is 8.96. The molecule has 1 fully saturated rings. The van der Waals surface area contributed by atoms with Crippen molar-refractivity contribution >= 4 is 29.1 Å². The highest BCUT2D eigenvalue weighted by Gasteiger charge is 2.47. The number of methoxy groups -OCH3 is 2. The van der Waals surface area contributed by atoms with Crippen molar-refractivity contribution in [3.8, 4) is 5.75 Å². The van der Waals surface area contributed by atoms with Gasteiger partial charge in [0.15, 0.2) is 0 Å². The van der Waals surface area contributed by atoms with Gasteiger partial charge in [-0.2, -0.15) is 0 Å². The van der Waals surface area contributed by atoms with Gasteiger partial charge in [0.2, 0.25) is 0 Å². The minimum absolute atomic E-state index is 0.0588. The zero-order chi connectivity index (χ0) is 23.5. The van der Waals surface area contributed by atoms with Gasteiger partial charge in [-0.05, 0) is 54.1 Å². The number of pyridine rings is 1. The Morgan fingerprint density at radius 3 is 2.30 bits per heavy atom. The molecule has 1 N–H and O–H groups in total. The zero-order valence-corrected chi connectivity index (χ0v) is 17.9. The molecule has 0 saturated carbocycles. The van der Waals surface area contributed by atoms with E-state index >= 15 is 0 Å². The van der Waals surface area contributed by atoms with Crippen molar-refractivity contribution in [3.63, 3.8) is 0 Å². The molecule has 0 radical (unpaired) electrons. The number of Topliss-reactive ketones (excluding diaryl/α,β-unsaturated/α-hetero) is 1. The van der Waals surface area contributed by atoms with Gasteiger partial charge in [0.25, 0.3) is 11.7 Å². The Kier molecular flexibility index (Phi) is 5.91. The molecular weight excluding hydrogens is 424 g/mol. The summed E-state index contributed by atoms with van der Waals surface area (Å²) in [7, 11) is 2.79. The molecule has 2 aromatic carbocycles. The van der Waals surface area contributed by atoms with E-state index in [1.54, 1.807) is 48.5 Å². The summed E-state index contributed by atoms with van der Waals surface area (Å²) in [5.74, 6) is -1.93. The number of esters is 1. The van der Waals surface area contributed by atoms with E-state index in [4.69, 9.17) is 9.47 Å². The van der Waals surface area contributed by atoms with E-state index in [1.165, 1.54) is 43.6 Å². The van der Waals surface area contributed by atoms with Crippen LogP contribution in [0.4, 0.5) is 5.69 Å². The fraction of sp³-hybridized carbons (Fsp3) is 0.120. The number of hydrogen-bond donors (Lipinski definition) is 1. The summed E-state index contributed by atoms with van der Waals surface area (Å²) in [6, 6.07) is 15.2. The normalized spacial score (nSPS) is 17.2. The van der Waals surface area contributed by atoms with Crippen LogP contribution in [0.3, 0.4) is 0 Å². The number of anilines is 1. The van der Waals surface area contributed by atoms with Crippen molar-refractivity contribution in [1.82, 2.24) is 4.98 Å². The zero-order valence-electron chi connectivity index (χ0n) is 17.9. The van der Waals surface area contributed by atoms with Gasteiger partial charge in [0.1, 0.15) is 11.5 Å². The molecule has 2 heterocycles. The quantitative estimate of drug-likeness (QED) is 0.278. The first kappa shape index (κ1) is 21.8. The van der Waals surface area contributed by atoms with Gasteiger partial charge in [0, 0.05) is 23.6 Å². The molecule has 1 aliphatic heterocycles. The van der Waals surface area contributed by atoms with E-state index in [0.717, 1.165) is 0 Å². The highest BCUT2D eigenvalue weighted by atomic mass is 16.5. The number of hydrogen-bond acceptors (Lipinski definition) is 7. The molecule has 8 heteroatoms. The number of amides is 1. The largest absolute Gasteiger partial charge is 0.507 e. The lowest BCUT2D eigenvalue weighted by Gasteiger charge is -2.25. The molecular formula is C25H20N2O6. The maximum atomic E-state index is 13.2. The lowest BCUT2D eigenvalue weighted by molar-refractivity contribution is -0.132. The molecule has 1 saturated heterocycles. The fourth-order valence-corrected chi connectivity index (χ4v) is 3.77. The number of nitrogens with zero attached hydrogens (tertiary/aromatic N) is 2. The molecule has 1 aromatic heterocycles. The summed E-state index contributed by atoms with van der Waals surface area (Å²) in [4.78, 5) is 43.3. The molecule has 3 aromatic rings. The second-order valence-electron chi connectivity index (χ2n) is 7.22. The van der Waals surface area contributed by atoms with Crippen molar-refractivity contribution in [2.75, 3.05) is 19.1 Å². The minimum atomic E-state index is -0.919. The number of ketones is 1. The first-order valence-electron chi connectivity index (χ1n) is 10.00. The van der Waals surface area contributed by atoms with Crippen LogP contribution in [0.15, 0.2) is 78.6 Å². The van der Waals surface area contributed by atoms with E-state index in [-0.39, 0.29) is 11.3 Å². The third kappa shape index (κ3) is 3.94. The van der Waals surface area contributed by atoms with Gasteiger partial charge in [0.05, 0.1) is 31.4 Å². The Labute approximate surface area is 189 Å². The van der Waals surface area contributed by atoms with Crippen LogP contribution in [0.2, 0.25) is 0 Å². The molecule has 0 bridgehead atoms. The van der Waals surface area contributed by atoms with Gasteiger partial charge in [-0.25, -0.2) is 4.79 Å². The van der Waals surface area contributed by atoms with E-state index in [9.17, 15) is 19.5 Å². The van der Waals surface area contributed by atoms with Crippen LogP contribution in [0.5, 0.6) is 5.75 Å². The number of benzene rings is 2. The summed E-state index contributed by atoms with van der Waals surface area (Å²) in [6.07, 6.45) is 2.97. The van der Waals surface area contributed by atoms with Crippen LogP contribution in [0.1, 0.15) is 27.5 Å². The number of ether oxygens (including phenoxy) is 2. The van der Waals surface area contributed by atoms with Crippen molar-refractivity contribution in [2.45, 2.75) is 6.04 Å². The van der Waals surface area contributed by atoms with E-state index in [2.05, 4.69) is 4.98 Å². The monoisotopic (exact) mass is 444 g/mol. The van der Waals surface area contributed by atoms with E-state index in [1.807, 2.05) is 0 Å². The fourth-order valence-electron chi connectivity index (χ4n) is 3.77. The average molecular weight is 444 g/mol. The molecule has 33 heavy (non-hydrogen) atoms. The Hall–Kier alpha value is -4.46. The standard InChI is InChI=1S/C25H20N2O6/c1-32-19-5-3-4-17(14-19)21-20(22(28)15-10-12-26-13-11-15)23(29)24(30)27(21)18-8-6-16(7-9-18)25(31)33-2/h3-14,21,28H,1-2H3/b22-20+. The maximum absolute atomic E-state index is 13.2. The minimum Gasteiger partial charge on any atom is -0.507 e. The summed E-state index contributed by atoms with van der Waals surface area (Å²) in [5.41, 5.74) is 1.55. The third-order valence-electron chi connectivity index (χ3n) is 5.37. The van der Waals surface area contributed by atoms with Crippen molar-refractivity contribution < 1.29 is 29.0 Å². The summed E-state index contributed by atoms with van der Waals surface area (Å²) >= 11 is 0. The number of rotatable bonds is 5. The van der Waals surface area contributed by atoms with Gasteiger partial charge >= 0.3 is 5.97 Å². The Morgan fingerprint density at radius 1 is 0.970 bits per heavy atom. The number of aliphatic hydroxyl groups is 1. The smallest absolute Gasteiger partial charge is 0.337 e. The molecule has 8 nitrogen and oxygen atoms in total. The predicted octanol–water partition coefficient (Wildman–Crippen LogP) is 3.50. The SMILES string of the molecule is COC(=O)c1ccc(N2C(=O)C(=O)/C(=C(/O)c3ccncc3)C2c2cccc(OC)c2)cc1. The topological polar surface area (TPSA) is 106 Å². The highest BCUT2D eigenvalue weighted by Crippen LogP contribution is 2.42. The predicted molar refractivity (Wildman–Crippen MR) is 120 cm³/mol. The first-order valence-corrected chi connectivity index (χ1v) is 10.00. The number of aromatic nitrogens is 1. The molecule has 0 aliphatic carbocycles. The average Bonchev–Trinajstić information content (AvgIpc) is 3.14.